The largest absolute Gasteiger partial charge is 0.494 e. The van der Waals surface area contributed by atoms with E-state index < -0.39 is 0 Å². The maximum Gasteiger partial charge on any atom is 0.259 e. The number of rotatable bonds is 7. The molecule has 1 fully saturated rings. The molecule has 1 aliphatic rings. The van der Waals surface area contributed by atoms with Crippen LogP contribution in [0.15, 0.2) is 65.8 Å². The van der Waals surface area contributed by atoms with Crippen molar-refractivity contribution in [2.75, 3.05) is 6.61 Å². The number of nitrogens with one attached hydrogen (secondary N) is 1. The van der Waals surface area contributed by atoms with E-state index >= 15 is 0 Å². The van der Waals surface area contributed by atoms with Crippen molar-refractivity contribution in [2.24, 2.45) is 0 Å². The van der Waals surface area contributed by atoms with Crippen LogP contribution in [0.2, 0.25) is 0 Å². The highest BCUT2D eigenvalue weighted by molar-refractivity contribution is 5.85. The highest BCUT2D eigenvalue weighted by Gasteiger charge is 2.24. The third kappa shape index (κ3) is 5.44. The summed E-state index contributed by atoms with van der Waals surface area (Å²) in [5.74, 6) is 1.80. The molecule has 0 spiro atoms. The Morgan fingerprint density at radius 3 is 2.59 bits per heavy atom. The van der Waals surface area contributed by atoms with Gasteiger partial charge in [0.2, 0.25) is 0 Å². The van der Waals surface area contributed by atoms with Gasteiger partial charge in [-0.2, -0.15) is 0 Å². The van der Waals surface area contributed by atoms with Crippen LogP contribution in [0.25, 0.3) is 22.4 Å². The third-order valence-electron chi connectivity index (χ3n) is 5.38. The number of nitrogens with zero attached hydrogens (tertiary/aromatic N) is 3. The van der Waals surface area contributed by atoms with E-state index in [2.05, 4.69) is 19.9 Å². The number of H-pyrrole nitrogens is 1. The highest BCUT2D eigenvalue weighted by atomic mass is 35.5. The van der Waals surface area contributed by atoms with Gasteiger partial charge in [-0.25, -0.2) is 4.98 Å². The lowest BCUT2D eigenvalue weighted by atomic mass is 10.1. The number of fused-ring (bicyclic) bond motifs is 1. The molecule has 1 aromatic carbocycles. The summed E-state index contributed by atoms with van der Waals surface area (Å²) in [7, 11) is 0. The first kappa shape index (κ1) is 23.7. The van der Waals surface area contributed by atoms with Crippen molar-refractivity contribution in [1.82, 2.24) is 19.9 Å². The summed E-state index contributed by atoms with van der Waals surface area (Å²) in [6.07, 6.45) is 9.63. The predicted molar refractivity (Wildman–Crippen MR) is 130 cm³/mol. The number of hydrogen-bond acceptors (Lipinski definition) is 5. The fourth-order valence-electron chi connectivity index (χ4n) is 3.59. The molecule has 0 bridgehead atoms. The minimum absolute atomic E-state index is 0. The Hall–Kier alpha value is -2.96. The van der Waals surface area contributed by atoms with Crippen molar-refractivity contribution >= 4 is 35.7 Å². The second kappa shape index (κ2) is 10.6. The van der Waals surface area contributed by atoms with E-state index in [0.717, 1.165) is 12.8 Å². The molecule has 0 atom stereocenters. The monoisotopic (exact) mass is 470 g/mol. The molecule has 0 unspecified atom stereocenters. The zero-order valence-electron chi connectivity index (χ0n) is 17.4. The van der Waals surface area contributed by atoms with Gasteiger partial charge in [-0.15, -0.1) is 24.8 Å². The molecule has 5 rings (SSSR count). The highest BCUT2D eigenvalue weighted by Crippen LogP contribution is 2.40. The topological polar surface area (TPSA) is 80.8 Å². The molecule has 1 N–H and O–H groups in total. The lowest BCUT2D eigenvalue weighted by Crippen LogP contribution is -2.10. The van der Waals surface area contributed by atoms with Crippen molar-refractivity contribution < 1.29 is 4.74 Å². The van der Waals surface area contributed by atoms with Gasteiger partial charge in [-0.1, -0.05) is 0 Å². The Morgan fingerprint density at radius 2 is 1.81 bits per heavy atom. The van der Waals surface area contributed by atoms with Gasteiger partial charge in [0.25, 0.3) is 5.56 Å². The molecule has 4 aromatic rings. The van der Waals surface area contributed by atoms with Gasteiger partial charge in [0.05, 0.1) is 17.5 Å². The number of hydrogen-bond donors (Lipinski definition) is 1. The van der Waals surface area contributed by atoms with Crippen molar-refractivity contribution in [3.05, 3.63) is 82.5 Å². The molecule has 1 saturated carbocycles. The van der Waals surface area contributed by atoms with Gasteiger partial charge in [0.1, 0.15) is 11.4 Å². The van der Waals surface area contributed by atoms with Crippen LogP contribution in [0.3, 0.4) is 0 Å². The fraction of sp³-hybridized carbons (Fsp3) is 0.250. The van der Waals surface area contributed by atoms with Crippen LogP contribution in [-0.2, 0) is 6.42 Å². The Bertz CT molecular complexity index is 1240. The number of aromatic amines is 1. The van der Waals surface area contributed by atoms with Gasteiger partial charge in [0, 0.05) is 18.6 Å². The predicted octanol–water partition coefficient (Wildman–Crippen LogP) is 5.11. The summed E-state index contributed by atoms with van der Waals surface area (Å²) in [6.45, 7) is 0.578. The lowest BCUT2D eigenvalue weighted by molar-refractivity contribution is 0.311. The van der Waals surface area contributed by atoms with Crippen LogP contribution < -0.4 is 10.3 Å². The number of halogens is 2. The van der Waals surface area contributed by atoms with Crippen molar-refractivity contribution in [1.29, 1.82) is 0 Å². The fourth-order valence-corrected chi connectivity index (χ4v) is 3.59. The van der Waals surface area contributed by atoms with E-state index in [4.69, 9.17) is 4.74 Å². The van der Waals surface area contributed by atoms with Crippen LogP contribution in [0.5, 0.6) is 5.75 Å². The van der Waals surface area contributed by atoms with E-state index in [9.17, 15) is 4.79 Å². The average Bonchev–Trinajstić information content (AvgIpc) is 3.63. The average molecular weight is 471 g/mol. The molecule has 0 aliphatic heterocycles. The van der Waals surface area contributed by atoms with Gasteiger partial charge in [-0.05, 0) is 85.2 Å². The van der Waals surface area contributed by atoms with Crippen LogP contribution in [0.1, 0.15) is 36.3 Å². The Balaban J connectivity index is 0.00000144. The number of aryl methyl sites for hydroxylation is 1. The molecule has 6 nitrogen and oxygen atoms in total. The SMILES string of the molecule is Cl.Cl.O=c1[nH]c(-c2cc(C3CC3)ccn2)nc2ccc(OCCCc3ccncc3)cc12. The molecule has 0 amide bonds. The Kier molecular flexibility index (Phi) is 7.83. The van der Waals surface area contributed by atoms with Gasteiger partial charge in [0.15, 0.2) is 5.82 Å². The number of aromatic nitrogens is 4. The minimum atomic E-state index is -0.184. The first-order valence-electron chi connectivity index (χ1n) is 10.3. The van der Waals surface area contributed by atoms with Gasteiger partial charge in [-0.3, -0.25) is 14.8 Å². The maximum absolute atomic E-state index is 12.7. The van der Waals surface area contributed by atoms with Crippen molar-refractivity contribution in [3.8, 4) is 17.3 Å². The maximum atomic E-state index is 12.7. The molecule has 0 radical (unpaired) electrons. The first-order chi connectivity index (χ1) is 14.8. The molecule has 3 heterocycles. The molecular weight excluding hydrogens is 447 g/mol. The zero-order chi connectivity index (χ0) is 20.3. The van der Waals surface area contributed by atoms with E-state index in [1.807, 2.05) is 36.4 Å². The van der Waals surface area contributed by atoms with E-state index in [-0.39, 0.29) is 30.4 Å². The zero-order valence-corrected chi connectivity index (χ0v) is 19.0. The summed E-state index contributed by atoms with van der Waals surface area (Å²) in [5.41, 5.74) is 3.65. The second-order valence-corrected chi connectivity index (χ2v) is 7.65. The summed E-state index contributed by atoms with van der Waals surface area (Å²) < 4.78 is 5.85. The Labute approximate surface area is 198 Å². The third-order valence-corrected chi connectivity index (χ3v) is 5.38. The normalized spacial score (nSPS) is 12.6. The number of benzene rings is 1. The summed E-state index contributed by atoms with van der Waals surface area (Å²) in [5, 5.41) is 0.517. The second-order valence-electron chi connectivity index (χ2n) is 7.65. The molecular formula is C24H24Cl2N4O2. The summed E-state index contributed by atoms with van der Waals surface area (Å²) in [4.78, 5) is 28.6. The number of pyridine rings is 2. The smallest absolute Gasteiger partial charge is 0.259 e. The first-order valence-corrected chi connectivity index (χ1v) is 10.3. The molecule has 32 heavy (non-hydrogen) atoms. The molecule has 166 valence electrons. The quantitative estimate of drug-likeness (QED) is 0.379. The number of ether oxygens (including phenoxy) is 1. The molecule has 1 aliphatic carbocycles. The molecule has 8 heteroatoms. The molecule has 0 saturated heterocycles. The van der Waals surface area contributed by atoms with Gasteiger partial charge >= 0.3 is 0 Å². The van der Waals surface area contributed by atoms with E-state index in [0.29, 0.717) is 40.7 Å². The summed E-state index contributed by atoms with van der Waals surface area (Å²) >= 11 is 0. The van der Waals surface area contributed by atoms with E-state index in [1.54, 1.807) is 24.7 Å². The van der Waals surface area contributed by atoms with Crippen LogP contribution in [-0.4, -0.2) is 26.5 Å². The van der Waals surface area contributed by atoms with E-state index in [1.165, 1.54) is 24.0 Å². The summed E-state index contributed by atoms with van der Waals surface area (Å²) in [6, 6.07) is 13.5. The molecule has 3 aromatic heterocycles. The standard InChI is InChI=1S/C24H22N4O2.2ClH/c29-24-20-15-19(30-13-1-2-16-7-10-25-11-8-16)5-6-21(20)27-23(28-24)22-14-18(9-12-26-22)17-3-4-17;;/h5-12,14-15,17H,1-4,13H2,(H,27,28,29);2*1H. The van der Waals surface area contributed by atoms with Crippen LogP contribution >= 0.6 is 24.8 Å². The van der Waals surface area contributed by atoms with Gasteiger partial charge < -0.3 is 9.72 Å². The van der Waals surface area contributed by atoms with Crippen LogP contribution in [0.4, 0.5) is 0 Å². The lowest BCUT2D eigenvalue weighted by Gasteiger charge is -2.08. The van der Waals surface area contributed by atoms with Crippen molar-refractivity contribution in [2.45, 2.75) is 31.6 Å². The Morgan fingerprint density at radius 1 is 1.00 bits per heavy atom. The minimum Gasteiger partial charge on any atom is -0.494 e. The van der Waals surface area contributed by atoms with Crippen molar-refractivity contribution in [3.63, 3.8) is 0 Å². The van der Waals surface area contributed by atoms with Crippen LogP contribution in [0, 0.1) is 0 Å².